The molecule has 1 aromatic rings. The molecule has 0 aliphatic carbocycles. The SMILES string of the molecule is CCc1ccc(N2N=C(C#N)CC2=O)cc1. The van der Waals surface area contributed by atoms with Gasteiger partial charge in [-0.3, -0.25) is 4.79 Å². The van der Waals surface area contributed by atoms with Crippen LogP contribution in [0.1, 0.15) is 18.9 Å². The first-order valence-corrected chi connectivity index (χ1v) is 5.14. The van der Waals surface area contributed by atoms with Gasteiger partial charge in [-0.05, 0) is 24.1 Å². The van der Waals surface area contributed by atoms with Gasteiger partial charge in [0, 0.05) is 0 Å². The van der Waals surface area contributed by atoms with E-state index >= 15 is 0 Å². The van der Waals surface area contributed by atoms with Crippen LogP contribution in [0.2, 0.25) is 0 Å². The molecule has 0 saturated carbocycles. The number of amides is 1. The van der Waals surface area contributed by atoms with Crippen molar-refractivity contribution in [3.05, 3.63) is 29.8 Å². The zero-order valence-electron chi connectivity index (χ0n) is 8.97. The summed E-state index contributed by atoms with van der Waals surface area (Å²) in [7, 11) is 0. The molecule has 0 radical (unpaired) electrons. The molecule has 1 amide bonds. The summed E-state index contributed by atoms with van der Waals surface area (Å²) in [6.07, 6.45) is 1.06. The first-order valence-electron chi connectivity index (χ1n) is 5.14. The third-order valence-electron chi connectivity index (χ3n) is 2.49. The first kappa shape index (κ1) is 10.4. The molecule has 0 aromatic heterocycles. The number of hydrogen-bond donors (Lipinski definition) is 0. The highest BCUT2D eigenvalue weighted by Gasteiger charge is 2.24. The molecule has 1 heterocycles. The summed E-state index contributed by atoms with van der Waals surface area (Å²) in [5, 5.41) is 13.9. The lowest BCUT2D eigenvalue weighted by atomic mass is 10.1. The van der Waals surface area contributed by atoms with E-state index in [1.165, 1.54) is 10.6 Å². The second-order valence-corrected chi connectivity index (χ2v) is 3.56. The summed E-state index contributed by atoms with van der Waals surface area (Å²) in [4.78, 5) is 11.6. The number of nitrogens with zero attached hydrogens (tertiary/aromatic N) is 3. The number of nitriles is 1. The number of carbonyl (C=O) groups excluding carboxylic acids is 1. The molecule has 0 fully saturated rings. The fraction of sp³-hybridized carbons (Fsp3) is 0.250. The molecule has 0 unspecified atom stereocenters. The van der Waals surface area contributed by atoms with E-state index in [0.717, 1.165) is 6.42 Å². The highest BCUT2D eigenvalue weighted by Crippen LogP contribution is 2.20. The van der Waals surface area contributed by atoms with Gasteiger partial charge in [0.2, 0.25) is 0 Å². The summed E-state index contributed by atoms with van der Waals surface area (Å²) in [6.45, 7) is 2.07. The van der Waals surface area contributed by atoms with Crippen molar-refractivity contribution in [1.29, 1.82) is 5.26 Å². The predicted octanol–water partition coefficient (Wildman–Crippen LogP) is 1.87. The van der Waals surface area contributed by atoms with Crippen LogP contribution in [0, 0.1) is 11.3 Å². The normalized spacial score (nSPS) is 14.9. The van der Waals surface area contributed by atoms with Gasteiger partial charge in [-0.1, -0.05) is 19.1 Å². The van der Waals surface area contributed by atoms with Crippen molar-refractivity contribution < 1.29 is 4.79 Å². The topological polar surface area (TPSA) is 56.5 Å². The van der Waals surface area contributed by atoms with E-state index in [1.54, 1.807) is 0 Å². The lowest BCUT2D eigenvalue weighted by Crippen LogP contribution is -2.19. The summed E-state index contributed by atoms with van der Waals surface area (Å²) >= 11 is 0. The summed E-state index contributed by atoms with van der Waals surface area (Å²) in [5.74, 6) is -0.152. The van der Waals surface area contributed by atoms with Gasteiger partial charge in [0.25, 0.3) is 5.91 Å². The van der Waals surface area contributed by atoms with E-state index in [9.17, 15) is 4.79 Å². The molecule has 4 heteroatoms. The fourth-order valence-corrected chi connectivity index (χ4v) is 1.57. The number of benzene rings is 1. The van der Waals surface area contributed by atoms with Crippen LogP contribution in [-0.4, -0.2) is 11.6 Å². The molecular formula is C12H11N3O. The Balaban J connectivity index is 2.28. The van der Waals surface area contributed by atoms with Gasteiger partial charge < -0.3 is 0 Å². The van der Waals surface area contributed by atoms with E-state index in [4.69, 9.17) is 5.26 Å². The van der Waals surface area contributed by atoms with Crippen molar-refractivity contribution in [3.8, 4) is 6.07 Å². The highest BCUT2D eigenvalue weighted by atomic mass is 16.2. The maximum Gasteiger partial charge on any atom is 0.254 e. The largest absolute Gasteiger partial charge is 0.272 e. The Bertz CT molecular complexity index is 482. The highest BCUT2D eigenvalue weighted by molar-refractivity contribution is 6.18. The molecule has 0 N–H and O–H groups in total. The first-order chi connectivity index (χ1) is 7.74. The van der Waals surface area contributed by atoms with Crippen molar-refractivity contribution in [2.45, 2.75) is 19.8 Å². The number of hydrogen-bond acceptors (Lipinski definition) is 3. The van der Waals surface area contributed by atoms with Crippen LogP contribution < -0.4 is 5.01 Å². The monoisotopic (exact) mass is 213 g/mol. The molecule has 1 aliphatic rings. The Morgan fingerprint density at radius 3 is 2.62 bits per heavy atom. The van der Waals surface area contributed by atoms with Crippen molar-refractivity contribution in [2.75, 3.05) is 5.01 Å². The van der Waals surface area contributed by atoms with Crippen LogP contribution in [0.25, 0.3) is 0 Å². The van der Waals surface area contributed by atoms with Crippen molar-refractivity contribution in [3.63, 3.8) is 0 Å². The van der Waals surface area contributed by atoms with Gasteiger partial charge in [0.1, 0.15) is 11.8 Å². The third-order valence-corrected chi connectivity index (χ3v) is 2.49. The van der Waals surface area contributed by atoms with E-state index < -0.39 is 0 Å². The minimum Gasteiger partial charge on any atom is -0.272 e. The quantitative estimate of drug-likeness (QED) is 0.753. The third kappa shape index (κ3) is 1.80. The maximum atomic E-state index is 11.6. The van der Waals surface area contributed by atoms with Crippen LogP contribution in [-0.2, 0) is 11.2 Å². The van der Waals surface area contributed by atoms with Gasteiger partial charge in [0.15, 0.2) is 0 Å². The molecule has 0 bridgehead atoms. The smallest absolute Gasteiger partial charge is 0.254 e. The van der Waals surface area contributed by atoms with Gasteiger partial charge in [-0.15, -0.1) is 0 Å². The van der Waals surface area contributed by atoms with Crippen molar-refractivity contribution >= 4 is 17.3 Å². The Kier molecular flexibility index (Phi) is 2.69. The van der Waals surface area contributed by atoms with Gasteiger partial charge >= 0.3 is 0 Å². The zero-order chi connectivity index (χ0) is 11.5. The van der Waals surface area contributed by atoms with Crippen LogP contribution >= 0.6 is 0 Å². The van der Waals surface area contributed by atoms with Crippen molar-refractivity contribution in [1.82, 2.24) is 0 Å². The van der Waals surface area contributed by atoms with Crippen LogP contribution in [0.3, 0.4) is 0 Å². The van der Waals surface area contributed by atoms with Crippen LogP contribution in [0.15, 0.2) is 29.4 Å². The van der Waals surface area contributed by atoms with E-state index in [1.807, 2.05) is 30.3 Å². The Morgan fingerprint density at radius 2 is 2.12 bits per heavy atom. The van der Waals surface area contributed by atoms with E-state index in [0.29, 0.717) is 5.69 Å². The van der Waals surface area contributed by atoms with Crippen LogP contribution in [0.4, 0.5) is 5.69 Å². The lowest BCUT2D eigenvalue weighted by molar-refractivity contribution is -0.116. The lowest BCUT2D eigenvalue weighted by Gasteiger charge is -2.11. The zero-order valence-corrected chi connectivity index (χ0v) is 8.97. The van der Waals surface area contributed by atoms with Crippen LogP contribution in [0.5, 0.6) is 0 Å². The second-order valence-electron chi connectivity index (χ2n) is 3.56. The molecule has 0 saturated heterocycles. The molecule has 0 atom stereocenters. The van der Waals surface area contributed by atoms with E-state index in [-0.39, 0.29) is 18.0 Å². The number of hydrazone groups is 1. The maximum absolute atomic E-state index is 11.6. The molecule has 0 spiro atoms. The average Bonchev–Trinajstić information content (AvgIpc) is 2.71. The van der Waals surface area contributed by atoms with Gasteiger partial charge in [-0.2, -0.15) is 15.4 Å². The minimum atomic E-state index is -0.152. The molecule has 16 heavy (non-hydrogen) atoms. The van der Waals surface area contributed by atoms with Gasteiger partial charge in [0.05, 0.1) is 12.1 Å². The number of aryl methyl sites for hydroxylation is 1. The fourth-order valence-electron chi connectivity index (χ4n) is 1.57. The van der Waals surface area contributed by atoms with Crippen molar-refractivity contribution in [2.24, 2.45) is 5.10 Å². The summed E-state index contributed by atoms with van der Waals surface area (Å²) < 4.78 is 0. The molecule has 2 rings (SSSR count). The Morgan fingerprint density at radius 1 is 1.44 bits per heavy atom. The predicted molar refractivity (Wildman–Crippen MR) is 61.0 cm³/mol. The molecule has 4 nitrogen and oxygen atoms in total. The molecule has 1 aromatic carbocycles. The second kappa shape index (κ2) is 4.15. The summed E-state index contributed by atoms with van der Waals surface area (Å²) in [6, 6.07) is 9.52. The average molecular weight is 213 g/mol. The Labute approximate surface area is 93.8 Å². The molecule has 1 aliphatic heterocycles. The van der Waals surface area contributed by atoms with Gasteiger partial charge in [-0.25, -0.2) is 0 Å². The Hall–Kier alpha value is -2.15. The standard InChI is InChI=1S/C12H11N3O/c1-2-9-3-5-11(6-4-9)15-12(16)7-10(8-13)14-15/h3-6H,2,7H2,1H3. The number of anilines is 1. The molecular weight excluding hydrogens is 202 g/mol. The summed E-state index contributed by atoms with van der Waals surface area (Å²) in [5.41, 5.74) is 2.19. The number of rotatable bonds is 2. The number of carbonyl (C=O) groups is 1. The van der Waals surface area contributed by atoms with E-state index in [2.05, 4.69) is 12.0 Å². The minimum absolute atomic E-state index is 0.103. The molecule has 80 valence electrons.